The molecule has 0 unspecified atom stereocenters. The Balaban J connectivity index is 0.793. The van der Waals surface area contributed by atoms with Crippen molar-refractivity contribution >= 4 is 40.0 Å². The number of carbonyl (C=O) groups excluding carboxylic acids is 2. The number of nitrogen functional groups attached to an aromatic ring is 1. The smallest absolute Gasteiger partial charge is 0.236 e. The molecule has 58 heavy (non-hydrogen) atoms. The van der Waals surface area contributed by atoms with Gasteiger partial charge in [0.25, 0.3) is 0 Å². The molecular formula is C42H46N14O2. The van der Waals surface area contributed by atoms with Gasteiger partial charge in [0, 0.05) is 55.7 Å². The number of pyridine rings is 2. The molecule has 296 valence electrons. The Bertz CT molecular complexity index is 2460. The van der Waals surface area contributed by atoms with E-state index in [1.165, 1.54) is 12.1 Å². The lowest BCUT2D eigenvalue weighted by Gasteiger charge is -2.37. The van der Waals surface area contributed by atoms with E-state index in [0.29, 0.717) is 52.9 Å². The van der Waals surface area contributed by atoms with Crippen LogP contribution in [0.5, 0.6) is 0 Å². The van der Waals surface area contributed by atoms with Crippen LogP contribution in [0.3, 0.4) is 0 Å². The van der Waals surface area contributed by atoms with E-state index in [1.54, 1.807) is 27.8 Å². The van der Waals surface area contributed by atoms with Crippen LogP contribution in [-0.4, -0.2) is 89.7 Å². The van der Waals surface area contributed by atoms with E-state index in [9.17, 15) is 20.1 Å². The van der Waals surface area contributed by atoms with Gasteiger partial charge in [-0.2, -0.15) is 20.3 Å². The Hall–Kier alpha value is -6.39. The second-order valence-corrected chi connectivity index (χ2v) is 16.6. The van der Waals surface area contributed by atoms with Gasteiger partial charge in [0.05, 0.1) is 47.0 Å². The molecule has 0 radical (unpaired) electrons. The third-order valence-corrected chi connectivity index (χ3v) is 12.8. The van der Waals surface area contributed by atoms with Gasteiger partial charge in [-0.3, -0.25) is 19.8 Å². The molecule has 9 rings (SSSR count). The number of piperazine rings is 1. The monoisotopic (exact) mass is 778 g/mol. The lowest BCUT2D eigenvalue weighted by molar-refractivity contribution is -0.137. The van der Waals surface area contributed by atoms with Gasteiger partial charge >= 0.3 is 0 Å². The van der Waals surface area contributed by atoms with E-state index in [-0.39, 0.29) is 23.2 Å². The predicted molar refractivity (Wildman–Crippen MR) is 216 cm³/mol. The molecule has 1 aromatic carbocycles. The topological polar surface area (TPSA) is 213 Å². The SMILES string of the molecule is C[C@]1(c2ccc(N3CCN(CCC4CCC(c5cn(-c6cnc(-n7ncc8cc(C#N)c(N)nc87)cc6NC6(C#N)CC6)nn5)CC4)CC3)cc2)CCC(=O)NC1=O. The second kappa shape index (κ2) is 14.8. The zero-order chi connectivity index (χ0) is 40.0. The molecule has 4 N–H and O–H groups in total. The van der Waals surface area contributed by atoms with E-state index < -0.39 is 11.0 Å². The summed E-state index contributed by atoms with van der Waals surface area (Å²) in [5.41, 5.74) is 9.95. The number of nitrogens with two attached hydrogens (primary N) is 1. The van der Waals surface area contributed by atoms with E-state index in [0.717, 1.165) is 82.5 Å². The molecule has 16 nitrogen and oxygen atoms in total. The average Bonchev–Trinajstić information content (AvgIpc) is 3.63. The van der Waals surface area contributed by atoms with Crippen LogP contribution in [-0.2, 0) is 15.0 Å². The molecular weight excluding hydrogens is 733 g/mol. The summed E-state index contributed by atoms with van der Waals surface area (Å²) in [6.45, 7) is 7.02. The number of carbonyl (C=O) groups is 2. The standard InChI is InChI=1S/C42H46N14O2/c1-41(12-10-37(57)48-40(41)58)31-6-8-32(9-7-31)54-18-16-53(17-19-54)15-11-27-2-4-28(5-3-27)34-25-55(52-51-34)35-24-46-36(21-33(35)50-42(26-44)13-14-42)56-39-30(23-47-56)20-29(22-43)38(45)49-39/h6-9,20-21,23-25,27-28H,2-5,10-19H2,1H3,(H2,45,49)(H,46,50)(H,48,57,58)/t27?,28?,41-/m1/s1. The van der Waals surface area contributed by atoms with Crippen molar-refractivity contribution in [2.75, 3.05) is 48.7 Å². The maximum atomic E-state index is 12.6. The molecule has 0 spiro atoms. The zero-order valence-electron chi connectivity index (χ0n) is 32.6. The highest BCUT2D eigenvalue weighted by molar-refractivity contribution is 6.03. The van der Waals surface area contributed by atoms with Gasteiger partial charge in [0.1, 0.15) is 23.1 Å². The quantitative estimate of drug-likeness (QED) is 0.167. The summed E-state index contributed by atoms with van der Waals surface area (Å²) >= 11 is 0. The molecule has 4 fully saturated rings. The van der Waals surface area contributed by atoms with E-state index in [2.05, 4.69) is 65.1 Å². The number of nitrogens with one attached hydrogen (secondary N) is 2. The lowest BCUT2D eigenvalue weighted by atomic mass is 9.75. The molecule has 2 saturated heterocycles. The minimum Gasteiger partial charge on any atom is -0.383 e. The molecule has 2 saturated carbocycles. The maximum Gasteiger partial charge on any atom is 0.236 e. The number of aromatic nitrogens is 7. The molecule has 0 bridgehead atoms. The van der Waals surface area contributed by atoms with Gasteiger partial charge in [-0.25, -0.2) is 14.6 Å². The molecule has 5 aromatic rings. The van der Waals surface area contributed by atoms with Gasteiger partial charge < -0.3 is 16.0 Å². The Kier molecular flexibility index (Phi) is 9.52. The Morgan fingerprint density at radius 2 is 1.78 bits per heavy atom. The van der Waals surface area contributed by atoms with Crippen molar-refractivity contribution in [3.8, 4) is 23.6 Å². The number of hydrogen-bond acceptors (Lipinski definition) is 13. The molecule has 6 heterocycles. The average molecular weight is 779 g/mol. The highest BCUT2D eigenvalue weighted by Crippen LogP contribution is 2.41. The lowest BCUT2D eigenvalue weighted by Crippen LogP contribution is -2.49. The predicted octanol–water partition coefficient (Wildman–Crippen LogP) is 4.50. The Morgan fingerprint density at radius 3 is 2.48 bits per heavy atom. The van der Waals surface area contributed by atoms with E-state index in [4.69, 9.17) is 10.7 Å². The number of nitriles is 2. The summed E-state index contributed by atoms with van der Waals surface area (Å²) in [6, 6.07) is 16.3. The van der Waals surface area contributed by atoms with Crippen molar-refractivity contribution < 1.29 is 9.59 Å². The number of piperidine rings is 1. The molecule has 2 aliphatic heterocycles. The fourth-order valence-electron chi connectivity index (χ4n) is 8.76. The van der Waals surface area contributed by atoms with Gasteiger partial charge in [0.2, 0.25) is 11.8 Å². The number of benzene rings is 1. The molecule has 4 aromatic heterocycles. The summed E-state index contributed by atoms with van der Waals surface area (Å²) in [5, 5.41) is 39.6. The summed E-state index contributed by atoms with van der Waals surface area (Å²) in [7, 11) is 0. The number of anilines is 3. The first-order chi connectivity index (χ1) is 28.1. The zero-order valence-corrected chi connectivity index (χ0v) is 32.6. The van der Waals surface area contributed by atoms with E-state index >= 15 is 0 Å². The van der Waals surface area contributed by atoms with E-state index in [1.807, 2.05) is 31.3 Å². The first kappa shape index (κ1) is 37.2. The van der Waals surface area contributed by atoms with Crippen LogP contribution >= 0.6 is 0 Å². The minimum atomic E-state index is -0.672. The van der Waals surface area contributed by atoms with Gasteiger partial charge in [-0.1, -0.05) is 17.3 Å². The van der Waals surface area contributed by atoms with Crippen LogP contribution in [0.25, 0.3) is 22.5 Å². The van der Waals surface area contributed by atoms with Gasteiger partial charge in [-0.05, 0) is 94.5 Å². The fourth-order valence-corrected chi connectivity index (χ4v) is 8.76. The third kappa shape index (κ3) is 7.09. The van der Waals surface area contributed by atoms with Crippen molar-refractivity contribution in [1.29, 1.82) is 10.5 Å². The molecule has 1 atom stereocenters. The van der Waals surface area contributed by atoms with Gasteiger partial charge in [-0.15, -0.1) is 5.10 Å². The van der Waals surface area contributed by atoms with Crippen molar-refractivity contribution in [2.24, 2.45) is 5.92 Å². The normalized spacial score (nSPS) is 23.3. The minimum absolute atomic E-state index is 0.122. The molecule has 4 aliphatic rings. The van der Waals surface area contributed by atoms with Gasteiger partial charge in [0.15, 0.2) is 11.5 Å². The van der Waals surface area contributed by atoms with Crippen molar-refractivity contribution in [3.05, 3.63) is 71.8 Å². The van der Waals surface area contributed by atoms with Crippen LogP contribution in [0.15, 0.2) is 55.0 Å². The van der Waals surface area contributed by atoms with Crippen LogP contribution < -0.4 is 21.3 Å². The Morgan fingerprint density at radius 1 is 1.00 bits per heavy atom. The highest BCUT2D eigenvalue weighted by Gasteiger charge is 2.44. The number of hydrogen-bond donors (Lipinski definition) is 3. The molecule has 16 heteroatoms. The van der Waals surface area contributed by atoms with Crippen LogP contribution in [0.2, 0.25) is 0 Å². The van der Waals surface area contributed by atoms with Crippen LogP contribution in [0.1, 0.15) is 87.4 Å². The highest BCUT2D eigenvalue weighted by atomic mass is 16.2. The number of fused-ring (bicyclic) bond motifs is 1. The van der Waals surface area contributed by atoms with Crippen molar-refractivity contribution in [1.82, 2.24) is 45.0 Å². The molecule has 2 aliphatic carbocycles. The first-order valence-electron chi connectivity index (χ1n) is 20.2. The maximum absolute atomic E-state index is 12.6. The number of imide groups is 1. The fraction of sp³-hybridized carbons (Fsp3) is 0.452. The first-order valence-corrected chi connectivity index (χ1v) is 20.2. The van der Waals surface area contributed by atoms with Crippen LogP contribution in [0, 0.1) is 28.6 Å². The van der Waals surface area contributed by atoms with Crippen molar-refractivity contribution in [3.63, 3.8) is 0 Å². The van der Waals surface area contributed by atoms with Crippen LogP contribution in [0.4, 0.5) is 17.2 Å². The molecule has 2 amide bonds. The largest absolute Gasteiger partial charge is 0.383 e. The van der Waals surface area contributed by atoms with Crippen molar-refractivity contribution in [2.45, 2.75) is 81.6 Å². The summed E-state index contributed by atoms with van der Waals surface area (Å²) in [5.74, 6) is 1.23. The summed E-state index contributed by atoms with van der Waals surface area (Å²) in [6.07, 6.45) is 13.4. The number of rotatable bonds is 10. The Labute approximate surface area is 336 Å². The third-order valence-electron chi connectivity index (χ3n) is 12.8. The summed E-state index contributed by atoms with van der Waals surface area (Å²) < 4.78 is 3.32. The number of nitrogens with zero attached hydrogens (tertiary/aromatic N) is 11. The second-order valence-electron chi connectivity index (χ2n) is 16.6. The number of amides is 2. The summed E-state index contributed by atoms with van der Waals surface area (Å²) in [4.78, 5) is 38.4.